The van der Waals surface area contributed by atoms with E-state index in [2.05, 4.69) is 5.32 Å². The van der Waals surface area contributed by atoms with Gasteiger partial charge in [-0.25, -0.2) is 8.78 Å². The second-order valence-electron chi connectivity index (χ2n) is 4.99. The van der Waals surface area contributed by atoms with Gasteiger partial charge in [0.1, 0.15) is 0 Å². The molecule has 0 aromatic carbocycles. The van der Waals surface area contributed by atoms with Gasteiger partial charge in [-0.05, 0) is 33.8 Å². The summed E-state index contributed by atoms with van der Waals surface area (Å²) in [5.74, 6) is -3.56. The Labute approximate surface area is 124 Å². The fourth-order valence-electron chi connectivity index (χ4n) is 2.18. The third-order valence-corrected chi connectivity index (χ3v) is 3.05. The highest BCUT2D eigenvalue weighted by molar-refractivity contribution is 5.95. The SMILES string of the molecule is Cc1cc(C(=O)NCC(F)(F)CN)c(C)n1C(C)C.Cl. The maximum atomic E-state index is 13.0. The highest BCUT2D eigenvalue weighted by Crippen LogP contribution is 2.20. The third kappa shape index (κ3) is 4.18. The van der Waals surface area contributed by atoms with Crippen molar-refractivity contribution in [2.75, 3.05) is 13.1 Å². The van der Waals surface area contributed by atoms with Gasteiger partial charge in [0.2, 0.25) is 0 Å². The quantitative estimate of drug-likeness (QED) is 0.877. The van der Waals surface area contributed by atoms with Gasteiger partial charge in [-0.1, -0.05) is 0 Å². The summed E-state index contributed by atoms with van der Waals surface area (Å²) in [6.07, 6.45) is 0. The molecule has 1 amide bonds. The fourth-order valence-corrected chi connectivity index (χ4v) is 2.18. The molecule has 1 aromatic rings. The molecule has 0 atom stereocenters. The molecule has 1 rings (SSSR count). The zero-order valence-corrected chi connectivity index (χ0v) is 13.0. The number of halogens is 3. The second-order valence-corrected chi connectivity index (χ2v) is 4.99. The molecule has 0 saturated carbocycles. The van der Waals surface area contributed by atoms with Crippen LogP contribution in [0.2, 0.25) is 0 Å². The molecule has 0 spiro atoms. The molecule has 1 heterocycles. The van der Waals surface area contributed by atoms with Crippen LogP contribution >= 0.6 is 12.4 Å². The average molecular weight is 310 g/mol. The molecule has 3 N–H and O–H groups in total. The van der Waals surface area contributed by atoms with Crippen molar-refractivity contribution >= 4 is 18.3 Å². The van der Waals surface area contributed by atoms with Crippen LogP contribution in [0.15, 0.2) is 6.07 Å². The molecule has 1 aromatic heterocycles. The van der Waals surface area contributed by atoms with E-state index < -0.39 is 24.9 Å². The van der Waals surface area contributed by atoms with Crippen LogP contribution in [0.4, 0.5) is 8.78 Å². The molecule has 0 aliphatic carbocycles. The topological polar surface area (TPSA) is 60.1 Å². The number of amides is 1. The Bertz CT molecular complexity index is 472. The predicted octanol–water partition coefficient (Wildman–Crippen LogP) is 2.43. The van der Waals surface area contributed by atoms with E-state index in [-0.39, 0.29) is 18.4 Å². The Hall–Kier alpha value is -1.14. The van der Waals surface area contributed by atoms with Gasteiger partial charge in [0, 0.05) is 17.4 Å². The average Bonchev–Trinajstić information content (AvgIpc) is 2.62. The molecular formula is C13H22ClF2N3O. The highest BCUT2D eigenvalue weighted by Gasteiger charge is 2.28. The molecule has 0 aliphatic rings. The van der Waals surface area contributed by atoms with E-state index >= 15 is 0 Å². The summed E-state index contributed by atoms with van der Waals surface area (Å²) < 4.78 is 28.0. The lowest BCUT2D eigenvalue weighted by atomic mass is 10.2. The van der Waals surface area contributed by atoms with Crippen LogP contribution in [-0.2, 0) is 0 Å². The van der Waals surface area contributed by atoms with Crippen LogP contribution in [0.5, 0.6) is 0 Å². The molecule has 116 valence electrons. The zero-order chi connectivity index (χ0) is 14.8. The van der Waals surface area contributed by atoms with Crippen LogP contribution in [0.3, 0.4) is 0 Å². The van der Waals surface area contributed by atoms with Crippen LogP contribution < -0.4 is 11.1 Å². The lowest BCUT2D eigenvalue weighted by Gasteiger charge is -2.15. The van der Waals surface area contributed by atoms with Crippen molar-refractivity contribution in [3.05, 3.63) is 23.0 Å². The number of nitrogens with zero attached hydrogens (tertiary/aromatic N) is 1. The number of aryl methyl sites for hydroxylation is 1. The van der Waals surface area contributed by atoms with Gasteiger partial charge in [-0.15, -0.1) is 12.4 Å². The van der Waals surface area contributed by atoms with Crippen molar-refractivity contribution in [3.63, 3.8) is 0 Å². The first-order valence-electron chi connectivity index (χ1n) is 6.24. The number of aromatic nitrogens is 1. The van der Waals surface area contributed by atoms with E-state index in [9.17, 15) is 13.6 Å². The molecule has 4 nitrogen and oxygen atoms in total. The van der Waals surface area contributed by atoms with E-state index in [1.807, 2.05) is 32.3 Å². The van der Waals surface area contributed by atoms with Gasteiger partial charge in [0.15, 0.2) is 0 Å². The number of rotatable bonds is 5. The molecule has 0 radical (unpaired) electrons. The Kier molecular flexibility index (Phi) is 6.64. The molecule has 20 heavy (non-hydrogen) atoms. The summed E-state index contributed by atoms with van der Waals surface area (Å²) in [5, 5.41) is 2.23. The molecule has 0 bridgehead atoms. The first-order chi connectivity index (χ1) is 8.69. The van der Waals surface area contributed by atoms with Crippen molar-refractivity contribution in [2.24, 2.45) is 5.73 Å². The Morgan fingerprint density at radius 1 is 1.45 bits per heavy atom. The molecule has 7 heteroatoms. The standard InChI is InChI=1S/C13H21F2N3O.ClH/c1-8(2)18-9(3)5-11(10(18)4)12(19)17-7-13(14,15)6-16;/h5,8H,6-7,16H2,1-4H3,(H,17,19);1H. The summed E-state index contributed by atoms with van der Waals surface area (Å²) in [7, 11) is 0. The summed E-state index contributed by atoms with van der Waals surface area (Å²) in [6, 6.07) is 1.93. The van der Waals surface area contributed by atoms with Crippen molar-refractivity contribution in [2.45, 2.75) is 39.7 Å². The van der Waals surface area contributed by atoms with Crippen LogP contribution in [0.1, 0.15) is 41.6 Å². The normalized spacial score (nSPS) is 11.4. The van der Waals surface area contributed by atoms with Crippen molar-refractivity contribution < 1.29 is 13.6 Å². The summed E-state index contributed by atoms with van der Waals surface area (Å²) >= 11 is 0. The Morgan fingerprint density at radius 2 is 2.00 bits per heavy atom. The van der Waals surface area contributed by atoms with Crippen LogP contribution in [0.25, 0.3) is 0 Å². The maximum Gasteiger partial charge on any atom is 0.277 e. The highest BCUT2D eigenvalue weighted by atomic mass is 35.5. The van der Waals surface area contributed by atoms with Gasteiger partial charge >= 0.3 is 0 Å². The molecule has 0 saturated heterocycles. The number of alkyl halides is 2. The third-order valence-electron chi connectivity index (χ3n) is 3.05. The number of hydrogen-bond donors (Lipinski definition) is 2. The molecule has 0 fully saturated rings. The zero-order valence-electron chi connectivity index (χ0n) is 12.2. The smallest absolute Gasteiger partial charge is 0.277 e. The molecule has 0 aliphatic heterocycles. The number of nitrogens with two attached hydrogens (primary N) is 1. The Morgan fingerprint density at radius 3 is 2.40 bits per heavy atom. The van der Waals surface area contributed by atoms with E-state index in [4.69, 9.17) is 5.73 Å². The van der Waals surface area contributed by atoms with E-state index in [0.717, 1.165) is 11.4 Å². The van der Waals surface area contributed by atoms with Gasteiger partial charge in [0.25, 0.3) is 11.8 Å². The van der Waals surface area contributed by atoms with Crippen molar-refractivity contribution in [3.8, 4) is 0 Å². The summed E-state index contributed by atoms with van der Waals surface area (Å²) in [5.41, 5.74) is 7.07. The molecular weight excluding hydrogens is 288 g/mol. The number of hydrogen-bond acceptors (Lipinski definition) is 2. The summed E-state index contributed by atoms with van der Waals surface area (Å²) in [4.78, 5) is 11.9. The van der Waals surface area contributed by atoms with E-state index in [1.54, 1.807) is 6.07 Å². The first-order valence-corrected chi connectivity index (χ1v) is 6.24. The minimum atomic E-state index is -3.07. The molecule has 0 unspecified atom stereocenters. The number of carbonyl (C=O) groups excluding carboxylic acids is 1. The lowest BCUT2D eigenvalue weighted by molar-refractivity contribution is 0.0118. The first kappa shape index (κ1) is 18.9. The van der Waals surface area contributed by atoms with E-state index in [1.165, 1.54) is 0 Å². The van der Waals surface area contributed by atoms with Gasteiger partial charge in [0.05, 0.1) is 18.7 Å². The van der Waals surface area contributed by atoms with Crippen molar-refractivity contribution in [1.29, 1.82) is 0 Å². The minimum absolute atomic E-state index is 0. The van der Waals surface area contributed by atoms with Crippen LogP contribution in [0, 0.1) is 13.8 Å². The summed E-state index contributed by atoms with van der Waals surface area (Å²) in [6.45, 7) is 6.18. The van der Waals surface area contributed by atoms with Gasteiger partial charge < -0.3 is 15.6 Å². The Balaban J connectivity index is 0.00000361. The number of carbonyl (C=O) groups is 1. The predicted molar refractivity (Wildman–Crippen MR) is 77.9 cm³/mol. The second kappa shape index (κ2) is 7.04. The van der Waals surface area contributed by atoms with Crippen LogP contribution in [-0.4, -0.2) is 29.5 Å². The maximum absolute atomic E-state index is 13.0. The van der Waals surface area contributed by atoms with Gasteiger partial charge in [-0.3, -0.25) is 4.79 Å². The minimum Gasteiger partial charge on any atom is -0.346 e. The fraction of sp³-hybridized carbons (Fsp3) is 0.615. The number of nitrogens with one attached hydrogen (secondary N) is 1. The van der Waals surface area contributed by atoms with Crippen molar-refractivity contribution in [1.82, 2.24) is 9.88 Å². The largest absolute Gasteiger partial charge is 0.346 e. The lowest BCUT2D eigenvalue weighted by Crippen LogP contribution is -2.41. The monoisotopic (exact) mass is 309 g/mol. The van der Waals surface area contributed by atoms with Gasteiger partial charge in [-0.2, -0.15) is 0 Å². The van der Waals surface area contributed by atoms with E-state index in [0.29, 0.717) is 5.56 Å².